The molecule has 0 saturated carbocycles. The number of piperazine rings is 1. The highest BCUT2D eigenvalue weighted by Gasteiger charge is 2.26. The number of carbonyl (C=O) groups is 2. The van der Waals surface area contributed by atoms with E-state index < -0.39 is 17.5 Å². The summed E-state index contributed by atoms with van der Waals surface area (Å²) in [5, 5.41) is 3.92. The second-order valence-corrected chi connectivity index (χ2v) is 5.89. The number of rotatable bonds is 2. The van der Waals surface area contributed by atoms with Crippen LogP contribution in [0, 0.1) is 11.6 Å². The summed E-state index contributed by atoms with van der Waals surface area (Å²) in [7, 11) is 1.46. The van der Waals surface area contributed by atoms with Crippen LogP contribution in [0.2, 0.25) is 0 Å². The molecule has 136 valence electrons. The minimum Gasteiger partial charge on any atom is -0.335 e. The van der Waals surface area contributed by atoms with Crippen LogP contribution in [0.5, 0.6) is 0 Å². The lowest BCUT2D eigenvalue weighted by molar-refractivity contribution is 0.0530. The van der Waals surface area contributed by atoms with Gasteiger partial charge in [0.2, 0.25) is 0 Å². The number of hydrogen-bond donors (Lipinski definition) is 0. The predicted molar refractivity (Wildman–Crippen MR) is 87.6 cm³/mol. The third kappa shape index (κ3) is 3.46. The first-order chi connectivity index (χ1) is 12.4. The topological polar surface area (TPSA) is 75.5 Å². The molecule has 1 aliphatic rings. The van der Waals surface area contributed by atoms with E-state index in [1.807, 2.05) is 0 Å². The van der Waals surface area contributed by atoms with Crippen molar-refractivity contribution in [1.29, 1.82) is 0 Å². The fraction of sp³-hybridized carbons (Fsp3) is 0.294. The summed E-state index contributed by atoms with van der Waals surface area (Å²) in [5.41, 5.74) is -0.112. The zero-order valence-corrected chi connectivity index (χ0v) is 14.0. The molecule has 0 radical (unpaired) electrons. The van der Waals surface area contributed by atoms with Crippen molar-refractivity contribution in [2.24, 2.45) is 7.05 Å². The van der Waals surface area contributed by atoms with Crippen molar-refractivity contribution < 1.29 is 18.4 Å². The number of amides is 2. The highest BCUT2D eigenvalue weighted by atomic mass is 19.2. The van der Waals surface area contributed by atoms with Gasteiger partial charge in [-0.3, -0.25) is 14.4 Å². The minimum atomic E-state index is -1.08. The molecule has 2 aromatic rings. The molecule has 7 nitrogen and oxygen atoms in total. The van der Waals surface area contributed by atoms with E-state index in [1.54, 1.807) is 0 Å². The lowest BCUT2D eigenvalue weighted by atomic mass is 10.1. The summed E-state index contributed by atoms with van der Waals surface area (Å²) < 4.78 is 27.4. The zero-order chi connectivity index (χ0) is 18.8. The Hall–Kier alpha value is -3.10. The second kappa shape index (κ2) is 7.03. The molecular weight excluding hydrogens is 346 g/mol. The fourth-order valence-electron chi connectivity index (χ4n) is 2.70. The molecule has 3 rings (SSSR count). The molecule has 1 fully saturated rings. The molecule has 0 spiro atoms. The Bertz CT molecular complexity index is 920. The highest BCUT2D eigenvalue weighted by Crippen LogP contribution is 2.13. The van der Waals surface area contributed by atoms with Crippen LogP contribution in [0.3, 0.4) is 0 Å². The highest BCUT2D eigenvalue weighted by molar-refractivity contribution is 5.95. The average molecular weight is 362 g/mol. The number of carbonyl (C=O) groups excluding carboxylic acids is 2. The molecule has 2 amide bonds. The summed E-state index contributed by atoms with van der Waals surface area (Å²) in [6.45, 7) is 1.07. The molecule has 0 aliphatic carbocycles. The van der Waals surface area contributed by atoms with E-state index in [2.05, 4.69) is 5.10 Å². The van der Waals surface area contributed by atoms with Gasteiger partial charge in [0, 0.05) is 44.9 Å². The Labute approximate surface area is 147 Å². The van der Waals surface area contributed by atoms with E-state index >= 15 is 0 Å². The van der Waals surface area contributed by atoms with Gasteiger partial charge in [0.15, 0.2) is 11.6 Å². The maximum Gasteiger partial charge on any atom is 0.274 e. The number of benzene rings is 1. The van der Waals surface area contributed by atoms with Gasteiger partial charge in [-0.1, -0.05) is 0 Å². The SMILES string of the molecule is Cn1nc(C(=O)N2CCN(C(=O)c3ccc(F)c(F)c3)CC2)ccc1=O. The van der Waals surface area contributed by atoms with Gasteiger partial charge in [0.25, 0.3) is 17.4 Å². The summed E-state index contributed by atoms with van der Waals surface area (Å²) in [5.74, 6) is -2.84. The van der Waals surface area contributed by atoms with Gasteiger partial charge in [-0.15, -0.1) is 0 Å². The Kier molecular flexibility index (Phi) is 4.79. The van der Waals surface area contributed by atoms with E-state index in [9.17, 15) is 23.2 Å². The standard InChI is InChI=1S/C17H16F2N4O3/c1-21-15(24)5-4-14(20-21)17(26)23-8-6-22(7-9-23)16(25)11-2-3-12(18)13(19)10-11/h2-5,10H,6-9H2,1H3. The van der Waals surface area contributed by atoms with Gasteiger partial charge in [0.1, 0.15) is 5.69 Å². The number of aryl methyl sites for hydroxylation is 1. The van der Waals surface area contributed by atoms with Crippen LogP contribution in [0.15, 0.2) is 35.1 Å². The summed E-state index contributed by atoms with van der Waals surface area (Å²) in [6, 6.07) is 5.64. The van der Waals surface area contributed by atoms with Crippen LogP contribution >= 0.6 is 0 Å². The number of nitrogens with zero attached hydrogens (tertiary/aromatic N) is 4. The molecule has 1 aromatic heterocycles. The quantitative estimate of drug-likeness (QED) is 0.787. The monoisotopic (exact) mass is 362 g/mol. The number of hydrogen-bond acceptors (Lipinski definition) is 4. The van der Waals surface area contributed by atoms with Crippen LogP contribution < -0.4 is 5.56 Å². The van der Waals surface area contributed by atoms with E-state index in [0.717, 1.165) is 16.8 Å². The maximum absolute atomic E-state index is 13.3. The normalized spacial score (nSPS) is 14.4. The van der Waals surface area contributed by atoms with E-state index in [4.69, 9.17) is 0 Å². The van der Waals surface area contributed by atoms with Gasteiger partial charge < -0.3 is 9.80 Å². The summed E-state index contributed by atoms with van der Waals surface area (Å²) >= 11 is 0. The molecule has 1 aromatic carbocycles. The van der Waals surface area contributed by atoms with Crippen molar-refractivity contribution in [1.82, 2.24) is 19.6 Å². The molecule has 0 bridgehead atoms. The smallest absolute Gasteiger partial charge is 0.274 e. The molecule has 1 aliphatic heterocycles. The van der Waals surface area contributed by atoms with Crippen LogP contribution in [-0.2, 0) is 7.05 Å². The minimum absolute atomic E-state index is 0.0587. The van der Waals surface area contributed by atoms with E-state index in [-0.39, 0.29) is 48.9 Å². The van der Waals surface area contributed by atoms with Crippen molar-refractivity contribution in [3.05, 3.63) is 63.6 Å². The van der Waals surface area contributed by atoms with Crippen molar-refractivity contribution in [3.8, 4) is 0 Å². The molecule has 0 N–H and O–H groups in total. The predicted octanol–water partition coefficient (Wildman–Crippen LogP) is 0.657. The summed E-state index contributed by atoms with van der Waals surface area (Å²) in [4.78, 5) is 39.2. The van der Waals surface area contributed by atoms with Crippen LogP contribution in [0.4, 0.5) is 8.78 Å². The Balaban J connectivity index is 1.65. The van der Waals surface area contributed by atoms with Crippen molar-refractivity contribution >= 4 is 11.8 Å². The molecule has 0 atom stereocenters. The van der Waals surface area contributed by atoms with E-state index in [0.29, 0.717) is 0 Å². The summed E-state index contributed by atoms with van der Waals surface area (Å²) in [6.07, 6.45) is 0. The number of halogens is 2. The molecule has 0 unspecified atom stereocenters. The van der Waals surface area contributed by atoms with Gasteiger partial charge in [-0.2, -0.15) is 5.10 Å². The Morgan fingerprint density at radius 2 is 1.54 bits per heavy atom. The van der Waals surface area contributed by atoms with Crippen LogP contribution in [0.1, 0.15) is 20.8 Å². The fourth-order valence-corrected chi connectivity index (χ4v) is 2.70. The molecular formula is C17H16F2N4O3. The van der Waals surface area contributed by atoms with Crippen LogP contribution in [0.25, 0.3) is 0 Å². The number of aromatic nitrogens is 2. The van der Waals surface area contributed by atoms with Crippen molar-refractivity contribution in [3.63, 3.8) is 0 Å². The molecule has 1 saturated heterocycles. The van der Waals surface area contributed by atoms with Gasteiger partial charge in [0.05, 0.1) is 0 Å². The zero-order valence-electron chi connectivity index (χ0n) is 14.0. The van der Waals surface area contributed by atoms with E-state index in [1.165, 1.54) is 35.0 Å². The van der Waals surface area contributed by atoms with Crippen molar-refractivity contribution in [2.45, 2.75) is 0 Å². The van der Waals surface area contributed by atoms with Crippen molar-refractivity contribution in [2.75, 3.05) is 26.2 Å². The largest absolute Gasteiger partial charge is 0.335 e. The van der Waals surface area contributed by atoms with Gasteiger partial charge in [-0.05, 0) is 24.3 Å². The first-order valence-electron chi connectivity index (χ1n) is 7.95. The third-order valence-electron chi connectivity index (χ3n) is 4.20. The average Bonchev–Trinajstić information content (AvgIpc) is 2.65. The lowest BCUT2D eigenvalue weighted by Crippen LogP contribution is -2.51. The third-order valence-corrected chi connectivity index (χ3v) is 4.20. The molecule has 2 heterocycles. The molecule has 26 heavy (non-hydrogen) atoms. The Morgan fingerprint density at radius 3 is 2.12 bits per heavy atom. The second-order valence-electron chi connectivity index (χ2n) is 5.89. The Morgan fingerprint density at radius 1 is 0.923 bits per heavy atom. The first kappa shape index (κ1) is 17.7. The maximum atomic E-state index is 13.3. The van der Waals surface area contributed by atoms with Gasteiger partial charge >= 0.3 is 0 Å². The van der Waals surface area contributed by atoms with Gasteiger partial charge in [-0.25, -0.2) is 13.5 Å². The molecule has 9 heteroatoms. The first-order valence-corrected chi connectivity index (χ1v) is 7.95. The lowest BCUT2D eigenvalue weighted by Gasteiger charge is -2.34. The van der Waals surface area contributed by atoms with Crippen LogP contribution in [-0.4, -0.2) is 57.6 Å².